The molecule has 0 unspecified atom stereocenters. The SMILES string of the molecule is CCC1CCC(NS(=O)(=O)c2ccc(OC)cc2)CC1. The van der Waals surface area contributed by atoms with Crippen LogP contribution < -0.4 is 9.46 Å². The number of hydrogen-bond donors (Lipinski definition) is 1. The Labute approximate surface area is 121 Å². The Kier molecular flexibility index (Phi) is 5.05. The quantitative estimate of drug-likeness (QED) is 0.909. The van der Waals surface area contributed by atoms with Gasteiger partial charge in [-0.25, -0.2) is 13.1 Å². The van der Waals surface area contributed by atoms with E-state index in [0.717, 1.165) is 31.6 Å². The van der Waals surface area contributed by atoms with Gasteiger partial charge in [-0.1, -0.05) is 13.3 Å². The van der Waals surface area contributed by atoms with E-state index in [0.29, 0.717) is 10.6 Å². The third-order valence-electron chi connectivity index (χ3n) is 4.12. The van der Waals surface area contributed by atoms with E-state index in [2.05, 4.69) is 11.6 Å². The van der Waals surface area contributed by atoms with Crippen LogP contribution in [-0.4, -0.2) is 21.6 Å². The van der Waals surface area contributed by atoms with Crippen LogP contribution in [0.4, 0.5) is 0 Å². The number of sulfonamides is 1. The van der Waals surface area contributed by atoms with Crippen molar-refractivity contribution in [3.8, 4) is 5.75 Å². The minimum Gasteiger partial charge on any atom is -0.497 e. The number of hydrogen-bond acceptors (Lipinski definition) is 3. The molecule has 0 amide bonds. The van der Waals surface area contributed by atoms with Gasteiger partial charge in [0.05, 0.1) is 12.0 Å². The molecule has 1 aliphatic carbocycles. The van der Waals surface area contributed by atoms with Crippen molar-refractivity contribution in [2.75, 3.05) is 7.11 Å². The smallest absolute Gasteiger partial charge is 0.240 e. The zero-order valence-electron chi connectivity index (χ0n) is 12.1. The molecule has 1 fully saturated rings. The zero-order valence-corrected chi connectivity index (χ0v) is 12.9. The Morgan fingerprint density at radius 2 is 1.75 bits per heavy atom. The van der Waals surface area contributed by atoms with Gasteiger partial charge in [-0.15, -0.1) is 0 Å². The highest BCUT2D eigenvalue weighted by Gasteiger charge is 2.24. The third kappa shape index (κ3) is 3.73. The summed E-state index contributed by atoms with van der Waals surface area (Å²) in [5.41, 5.74) is 0. The molecule has 2 rings (SSSR count). The van der Waals surface area contributed by atoms with Crippen LogP contribution in [0.2, 0.25) is 0 Å². The summed E-state index contributed by atoms with van der Waals surface area (Å²) < 4.78 is 32.5. The van der Waals surface area contributed by atoms with Crippen molar-refractivity contribution in [3.05, 3.63) is 24.3 Å². The Bertz CT molecular complexity index is 517. The Morgan fingerprint density at radius 1 is 1.15 bits per heavy atom. The number of rotatable bonds is 5. The normalized spacial score (nSPS) is 23.5. The van der Waals surface area contributed by atoms with Crippen molar-refractivity contribution in [1.29, 1.82) is 0 Å². The molecule has 0 spiro atoms. The molecule has 0 atom stereocenters. The standard InChI is InChI=1S/C15H23NO3S/c1-3-12-4-6-13(7-5-12)16-20(17,18)15-10-8-14(19-2)9-11-15/h8-13,16H,3-7H2,1-2H3. The summed E-state index contributed by atoms with van der Waals surface area (Å²) in [6.45, 7) is 2.20. The van der Waals surface area contributed by atoms with Crippen molar-refractivity contribution in [2.45, 2.75) is 50.0 Å². The van der Waals surface area contributed by atoms with Gasteiger partial charge >= 0.3 is 0 Å². The van der Waals surface area contributed by atoms with Gasteiger partial charge in [0.2, 0.25) is 10.0 Å². The zero-order chi connectivity index (χ0) is 14.6. The Morgan fingerprint density at radius 3 is 2.25 bits per heavy atom. The van der Waals surface area contributed by atoms with E-state index in [1.807, 2.05) is 0 Å². The van der Waals surface area contributed by atoms with E-state index in [1.165, 1.54) is 6.42 Å². The number of methoxy groups -OCH3 is 1. The summed E-state index contributed by atoms with van der Waals surface area (Å²) in [7, 11) is -1.85. The van der Waals surface area contributed by atoms with E-state index in [9.17, 15) is 8.42 Å². The predicted molar refractivity (Wildman–Crippen MR) is 79.4 cm³/mol. The molecule has 1 aromatic rings. The fourth-order valence-electron chi connectivity index (χ4n) is 2.73. The van der Waals surface area contributed by atoms with Crippen LogP contribution in [0.15, 0.2) is 29.2 Å². The van der Waals surface area contributed by atoms with E-state index < -0.39 is 10.0 Å². The second-order valence-corrected chi connectivity index (χ2v) is 7.14. The third-order valence-corrected chi connectivity index (χ3v) is 5.65. The van der Waals surface area contributed by atoms with Crippen LogP contribution in [0.25, 0.3) is 0 Å². The average Bonchev–Trinajstić information content (AvgIpc) is 2.48. The van der Waals surface area contributed by atoms with Crippen LogP contribution in [0.1, 0.15) is 39.0 Å². The lowest BCUT2D eigenvalue weighted by molar-refractivity contribution is 0.306. The molecule has 1 saturated carbocycles. The van der Waals surface area contributed by atoms with Gasteiger partial charge in [0.15, 0.2) is 0 Å². The summed E-state index contributed by atoms with van der Waals surface area (Å²) in [6.07, 6.45) is 5.30. The summed E-state index contributed by atoms with van der Waals surface area (Å²) in [5.74, 6) is 1.42. The first-order chi connectivity index (χ1) is 9.55. The van der Waals surface area contributed by atoms with Gasteiger partial charge < -0.3 is 4.74 Å². The number of nitrogens with one attached hydrogen (secondary N) is 1. The first-order valence-electron chi connectivity index (χ1n) is 7.21. The van der Waals surface area contributed by atoms with Crippen molar-refractivity contribution in [3.63, 3.8) is 0 Å². The topological polar surface area (TPSA) is 55.4 Å². The summed E-state index contributed by atoms with van der Waals surface area (Å²) >= 11 is 0. The molecule has 0 bridgehead atoms. The predicted octanol–water partition coefficient (Wildman–Crippen LogP) is 2.94. The molecule has 4 nitrogen and oxygen atoms in total. The number of ether oxygens (including phenoxy) is 1. The fraction of sp³-hybridized carbons (Fsp3) is 0.600. The molecular formula is C15H23NO3S. The highest BCUT2D eigenvalue weighted by Crippen LogP contribution is 2.27. The lowest BCUT2D eigenvalue weighted by atomic mass is 9.85. The molecule has 0 saturated heterocycles. The van der Waals surface area contributed by atoms with Crippen LogP contribution in [0, 0.1) is 5.92 Å². The van der Waals surface area contributed by atoms with Crippen molar-refractivity contribution in [1.82, 2.24) is 4.72 Å². The van der Waals surface area contributed by atoms with Gasteiger partial charge in [0.1, 0.15) is 5.75 Å². The van der Waals surface area contributed by atoms with Crippen LogP contribution in [0.5, 0.6) is 5.75 Å². The van der Waals surface area contributed by atoms with Gasteiger partial charge in [0, 0.05) is 6.04 Å². The molecular weight excluding hydrogens is 274 g/mol. The molecule has 0 aliphatic heterocycles. The summed E-state index contributed by atoms with van der Waals surface area (Å²) in [4.78, 5) is 0.302. The maximum atomic E-state index is 12.3. The van der Waals surface area contributed by atoms with E-state index in [4.69, 9.17) is 4.74 Å². The molecule has 0 radical (unpaired) electrons. The molecule has 1 aliphatic rings. The largest absolute Gasteiger partial charge is 0.497 e. The molecule has 0 aromatic heterocycles. The van der Waals surface area contributed by atoms with Gasteiger partial charge in [0.25, 0.3) is 0 Å². The molecule has 1 N–H and O–H groups in total. The van der Waals surface area contributed by atoms with Gasteiger partial charge in [-0.3, -0.25) is 0 Å². The Hall–Kier alpha value is -1.07. The maximum absolute atomic E-state index is 12.3. The molecule has 112 valence electrons. The van der Waals surface area contributed by atoms with Gasteiger partial charge in [-0.05, 0) is 55.9 Å². The first-order valence-corrected chi connectivity index (χ1v) is 8.70. The van der Waals surface area contributed by atoms with Crippen LogP contribution in [0.3, 0.4) is 0 Å². The summed E-state index contributed by atoms with van der Waals surface area (Å²) in [6, 6.07) is 6.58. The average molecular weight is 297 g/mol. The van der Waals surface area contributed by atoms with E-state index in [-0.39, 0.29) is 6.04 Å². The highest BCUT2D eigenvalue weighted by atomic mass is 32.2. The second-order valence-electron chi connectivity index (χ2n) is 5.42. The molecule has 1 aromatic carbocycles. The maximum Gasteiger partial charge on any atom is 0.240 e. The number of benzene rings is 1. The van der Waals surface area contributed by atoms with Crippen molar-refractivity contribution in [2.24, 2.45) is 5.92 Å². The van der Waals surface area contributed by atoms with Crippen LogP contribution in [-0.2, 0) is 10.0 Å². The molecule has 20 heavy (non-hydrogen) atoms. The minimum absolute atomic E-state index is 0.0740. The summed E-state index contributed by atoms with van der Waals surface area (Å²) in [5, 5.41) is 0. The molecule has 0 heterocycles. The minimum atomic E-state index is -3.41. The lowest BCUT2D eigenvalue weighted by Crippen LogP contribution is -2.37. The van der Waals surface area contributed by atoms with E-state index in [1.54, 1.807) is 31.4 Å². The highest BCUT2D eigenvalue weighted by molar-refractivity contribution is 7.89. The monoisotopic (exact) mass is 297 g/mol. The van der Waals surface area contributed by atoms with Crippen molar-refractivity contribution >= 4 is 10.0 Å². The second kappa shape index (κ2) is 6.59. The van der Waals surface area contributed by atoms with Crippen LogP contribution >= 0.6 is 0 Å². The fourth-order valence-corrected chi connectivity index (χ4v) is 4.04. The Balaban J connectivity index is 2.00. The lowest BCUT2D eigenvalue weighted by Gasteiger charge is -2.28. The van der Waals surface area contributed by atoms with E-state index >= 15 is 0 Å². The molecule has 5 heteroatoms. The first kappa shape index (κ1) is 15.3. The van der Waals surface area contributed by atoms with Gasteiger partial charge in [-0.2, -0.15) is 0 Å². The van der Waals surface area contributed by atoms with Crippen molar-refractivity contribution < 1.29 is 13.2 Å².